The summed E-state index contributed by atoms with van der Waals surface area (Å²) >= 11 is 0. The molecule has 0 nitrogen and oxygen atoms in total. The van der Waals surface area contributed by atoms with Gasteiger partial charge in [0, 0.05) is 0 Å². The Labute approximate surface area is 107 Å². The van der Waals surface area contributed by atoms with E-state index in [9.17, 15) is 0 Å². The molecule has 0 bridgehead atoms. The fraction of sp³-hybridized carbons (Fsp3) is 0.882. The molecule has 0 amide bonds. The lowest BCUT2D eigenvalue weighted by Gasteiger charge is -2.45. The molecule has 0 aromatic rings. The number of unbranched alkanes of at least 4 members (excludes halogenated alkanes) is 1. The zero-order valence-electron chi connectivity index (χ0n) is 11.4. The molecule has 0 spiro atoms. The van der Waals surface area contributed by atoms with E-state index in [-0.39, 0.29) is 0 Å². The molecule has 3 rings (SSSR count). The van der Waals surface area contributed by atoms with Gasteiger partial charge >= 0.3 is 0 Å². The molecule has 0 aromatic heterocycles. The lowest BCUT2D eigenvalue weighted by Crippen LogP contribution is -2.37. The summed E-state index contributed by atoms with van der Waals surface area (Å²) in [6.45, 7) is 2.29. The third kappa shape index (κ3) is 2.20. The Kier molecular flexibility index (Phi) is 3.59. The molecule has 5 atom stereocenters. The monoisotopic (exact) mass is 232 g/mol. The standard InChI is InChI=1S/C17H28/c1-2-3-4-6-13-9-10-15-12-11-14-7-5-8-16(13)17(14)15/h4,6,13-17H,2-3,5,7-12H2,1H3. The van der Waals surface area contributed by atoms with Crippen molar-refractivity contribution in [1.29, 1.82) is 0 Å². The van der Waals surface area contributed by atoms with Gasteiger partial charge in [0.1, 0.15) is 0 Å². The minimum Gasteiger partial charge on any atom is -0.0883 e. The maximum atomic E-state index is 2.60. The Morgan fingerprint density at radius 2 is 1.71 bits per heavy atom. The second kappa shape index (κ2) is 5.16. The van der Waals surface area contributed by atoms with E-state index < -0.39 is 0 Å². The van der Waals surface area contributed by atoms with Gasteiger partial charge in [-0.2, -0.15) is 0 Å². The van der Waals surface area contributed by atoms with Crippen molar-refractivity contribution < 1.29 is 0 Å². The normalized spacial score (nSPS) is 45.1. The summed E-state index contributed by atoms with van der Waals surface area (Å²) in [6, 6.07) is 0. The van der Waals surface area contributed by atoms with Crippen molar-refractivity contribution in [3.05, 3.63) is 12.2 Å². The minimum absolute atomic E-state index is 0.948. The van der Waals surface area contributed by atoms with Crippen molar-refractivity contribution in [2.24, 2.45) is 29.6 Å². The van der Waals surface area contributed by atoms with Crippen LogP contribution in [0.3, 0.4) is 0 Å². The summed E-state index contributed by atoms with van der Waals surface area (Å²) < 4.78 is 0. The van der Waals surface area contributed by atoms with Gasteiger partial charge in [-0.3, -0.25) is 0 Å². The Hall–Kier alpha value is -0.260. The summed E-state index contributed by atoms with van der Waals surface area (Å²) in [7, 11) is 0. The molecule has 96 valence electrons. The van der Waals surface area contributed by atoms with E-state index in [4.69, 9.17) is 0 Å². The van der Waals surface area contributed by atoms with E-state index in [1.165, 1.54) is 25.7 Å². The van der Waals surface area contributed by atoms with Crippen LogP contribution in [0.15, 0.2) is 12.2 Å². The van der Waals surface area contributed by atoms with Crippen molar-refractivity contribution in [3.8, 4) is 0 Å². The fourth-order valence-electron chi connectivity index (χ4n) is 5.18. The lowest BCUT2D eigenvalue weighted by molar-refractivity contribution is 0.0632. The molecule has 0 saturated heterocycles. The van der Waals surface area contributed by atoms with E-state index in [0.29, 0.717) is 0 Å². The van der Waals surface area contributed by atoms with Crippen LogP contribution in [0, 0.1) is 29.6 Å². The molecule has 0 radical (unpaired) electrons. The average Bonchev–Trinajstić information content (AvgIpc) is 2.78. The molecule has 0 aliphatic heterocycles. The van der Waals surface area contributed by atoms with Crippen molar-refractivity contribution in [2.45, 2.75) is 64.7 Å². The molecule has 5 unspecified atom stereocenters. The van der Waals surface area contributed by atoms with E-state index in [1.54, 1.807) is 32.1 Å². The SMILES string of the molecule is CCCC=CC1CCC2CCC3CCCC1C32. The zero-order valence-corrected chi connectivity index (χ0v) is 11.4. The van der Waals surface area contributed by atoms with E-state index in [2.05, 4.69) is 19.1 Å². The molecule has 3 saturated carbocycles. The summed E-state index contributed by atoms with van der Waals surface area (Å²) in [5.41, 5.74) is 0. The van der Waals surface area contributed by atoms with Crippen LogP contribution in [-0.4, -0.2) is 0 Å². The van der Waals surface area contributed by atoms with Crippen LogP contribution in [0.4, 0.5) is 0 Å². The Balaban J connectivity index is 1.71. The third-order valence-electron chi connectivity index (χ3n) is 5.86. The van der Waals surface area contributed by atoms with Crippen LogP contribution < -0.4 is 0 Å². The number of hydrogen-bond donors (Lipinski definition) is 0. The minimum atomic E-state index is 0.948. The van der Waals surface area contributed by atoms with Crippen LogP contribution in [0.1, 0.15) is 64.7 Å². The quantitative estimate of drug-likeness (QED) is 0.587. The van der Waals surface area contributed by atoms with Gasteiger partial charge in [0.15, 0.2) is 0 Å². The maximum Gasteiger partial charge on any atom is -0.0202 e. The van der Waals surface area contributed by atoms with Gasteiger partial charge in [-0.1, -0.05) is 38.3 Å². The topological polar surface area (TPSA) is 0 Å². The molecule has 0 N–H and O–H groups in total. The number of rotatable bonds is 3. The second-order valence-electron chi connectivity index (χ2n) is 6.73. The molecule has 3 fully saturated rings. The highest BCUT2D eigenvalue weighted by Gasteiger charge is 2.47. The number of allylic oxidation sites excluding steroid dienone is 2. The molecule has 3 aliphatic carbocycles. The first kappa shape index (κ1) is 11.8. The third-order valence-corrected chi connectivity index (χ3v) is 5.86. The Morgan fingerprint density at radius 1 is 0.941 bits per heavy atom. The highest BCUT2D eigenvalue weighted by molar-refractivity contribution is 5.03. The maximum absolute atomic E-state index is 2.60. The second-order valence-corrected chi connectivity index (χ2v) is 6.73. The predicted molar refractivity (Wildman–Crippen MR) is 73.8 cm³/mol. The lowest BCUT2D eigenvalue weighted by atomic mass is 9.60. The van der Waals surface area contributed by atoms with Crippen LogP contribution in [-0.2, 0) is 0 Å². The van der Waals surface area contributed by atoms with E-state index in [1.807, 2.05) is 0 Å². The van der Waals surface area contributed by atoms with Crippen molar-refractivity contribution in [2.75, 3.05) is 0 Å². The number of hydrogen-bond acceptors (Lipinski definition) is 0. The van der Waals surface area contributed by atoms with Gasteiger partial charge in [-0.05, 0) is 68.1 Å². The fourth-order valence-corrected chi connectivity index (χ4v) is 5.18. The van der Waals surface area contributed by atoms with Gasteiger partial charge < -0.3 is 0 Å². The van der Waals surface area contributed by atoms with Gasteiger partial charge in [0.25, 0.3) is 0 Å². The first-order valence-corrected chi connectivity index (χ1v) is 8.06. The van der Waals surface area contributed by atoms with Crippen molar-refractivity contribution in [3.63, 3.8) is 0 Å². The highest BCUT2D eigenvalue weighted by Crippen LogP contribution is 2.56. The largest absolute Gasteiger partial charge is 0.0883 e. The van der Waals surface area contributed by atoms with E-state index in [0.717, 1.165) is 29.6 Å². The summed E-state index contributed by atoms with van der Waals surface area (Å²) in [5, 5.41) is 0. The molecule has 17 heavy (non-hydrogen) atoms. The van der Waals surface area contributed by atoms with Crippen LogP contribution in [0.5, 0.6) is 0 Å². The predicted octanol–water partition coefficient (Wildman–Crippen LogP) is 5.20. The Bertz CT molecular complexity index is 272. The highest BCUT2D eigenvalue weighted by atomic mass is 14.5. The summed E-state index contributed by atoms with van der Waals surface area (Å²) in [5.74, 6) is 5.41. The molecule has 0 heteroatoms. The Morgan fingerprint density at radius 3 is 2.53 bits per heavy atom. The van der Waals surface area contributed by atoms with Crippen LogP contribution in [0.25, 0.3) is 0 Å². The van der Waals surface area contributed by atoms with E-state index >= 15 is 0 Å². The van der Waals surface area contributed by atoms with Crippen LogP contribution in [0.2, 0.25) is 0 Å². The molecule has 3 aliphatic rings. The van der Waals surface area contributed by atoms with Crippen molar-refractivity contribution >= 4 is 0 Å². The van der Waals surface area contributed by atoms with Gasteiger partial charge in [0.05, 0.1) is 0 Å². The zero-order chi connectivity index (χ0) is 11.7. The summed E-state index contributed by atoms with van der Waals surface area (Å²) in [4.78, 5) is 0. The van der Waals surface area contributed by atoms with Gasteiger partial charge in [0.2, 0.25) is 0 Å². The molecule has 0 heterocycles. The van der Waals surface area contributed by atoms with Gasteiger partial charge in [-0.15, -0.1) is 0 Å². The van der Waals surface area contributed by atoms with Gasteiger partial charge in [-0.25, -0.2) is 0 Å². The van der Waals surface area contributed by atoms with Crippen LogP contribution >= 0.6 is 0 Å². The molecule has 0 aromatic carbocycles. The summed E-state index contributed by atoms with van der Waals surface area (Å²) in [6.07, 6.45) is 18.5. The van der Waals surface area contributed by atoms with Crippen molar-refractivity contribution in [1.82, 2.24) is 0 Å². The molecular formula is C17H28. The first-order valence-electron chi connectivity index (χ1n) is 8.06. The average molecular weight is 232 g/mol. The molecular weight excluding hydrogens is 204 g/mol. The first-order chi connectivity index (χ1) is 8.40. The smallest absolute Gasteiger partial charge is 0.0202 e.